The molecular weight excluding hydrogens is 471 g/mol. The Balaban J connectivity index is 1.70. The van der Waals surface area contributed by atoms with E-state index in [2.05, 4.69) is 10.3 Å². The number of ether oxygens (including phenoxy) is 1. The van der Waals surface area contributed by atoms with Crippen molar-refractivity contribution in [2.45, 2.75) is 6.92 Å². The van der Waals surface area contributed by atoms with Crippen LogP contribution in [0.1, 0.15) is 21.7 Å². The zero-order chi connectivity index (χ0) is 22.8. The van der Waals surface area contributed by atoms with Gasteiger partial charge >= 0.3 is 5.97 Å². The molecule has 1 amide bonds. The zero-order valence-electron chi connectivity index (χ0n) is 16.9. The van der Waals surface area contributed by atoms with E-state index in [1.165, 1.54) is 24.5 Å². The van der Waals surface area contributed by atoms with Crippen molar-refractivity contribution in [1.29, 1.82) is 0 Å². The number of nitrogens with one attached hydrogen (secondary N) is 1. The van der Waals surface area contributed by atoms with Gasteiger partial charge in [-0.3, -0.25) is 10.1 Å². The molecule has 0 aliphatic rings. The first-order valence-corrected chi connectivity index (χ1v) is 11.0. The molecule has 2 heterocycles. The summed E-state index contributed by atoms with van der Waals surface area (Å²) in [4.78, 5) is 29.7. The summed E-state index contributed by atoms with van der Waals surface area (Å²) in [5.74, 6) is -0.600. The van der Waals surface area contributed by atoms with Gasteiger partial charge in [0.15, 0.2) is 0 Å². The normalized spacial score (nSPS) is 11.2. The topological polar surface area (TPSA) is 81.4 Å². The number of rotatable bonds is 5. The van der Waals surface area contributed by atoms with Crippen LogP contribution in [0.25, 0.3) is 26.9 Å². The average molecular weight is 487 g/mol. The second-order valence-corrected chi connectivity index (χ2v) is 8.56. The number of anilines is 1. The number of furan rings is 1. The Morgan fingerprint density at radius 3 is 2.66 bits per heavy atom. The van der Waals surface area contributed by atoms with E-state index in [0.29, 0.717) is 31.9 Å². The number of para-hydroxylation sites is 1. The van der Waals surface area contributed by atoms with Crippen molar-refractivity contribution in [3.05, 3.63) is 75.5 Å². The average Bonchev–Trinajstić information content (AvgIpc) is 3.34. The molecule has 4 aromatic rings. The first-order chi connectivity index (χ1) is 15.4. The molecule has 1 N–H and O–H groups in total. The highest BCUT2D eigenvalue weighted by Gasteiger charge is 2.28. The van der Waals surface area contributed by atoms with Crippen LogP contribution < -0.4 is 5.32 Å². The van der Waals surface area contributed by atoms with Gasteiger partial charge in [0.25, 0.3) is 5.91 Å². The van der Waals surface area contributed by atoms with Crippen LogP contribution >= 0.6 is 34.5 Å². The van der Waals surface area contributed by atoms with Gasteiger partial charge in [-0.05, 0) is 42.8 Å². The van der Waals surface area contributed by atoms with Crippen LogP contribution in [0.2, 0.25) is 10.0 Å². The summed E-state index contributed by atoms with van der Waals surface area (Å²) in [6, 6.07) is 12.6. The number of benzene rings is 2. The van der Waals surface area contributed by atoms with Crippen molar-refractivity contribution in [3.8, 4) is 10.6 Å². The maximum absolute atomic E-state index is 12.6. The minimum Gasteiger partial charge on any atom is -0.465 e. The molecule has 0 saturated heterocycles. The number of hydrogen-bond donors (Lipinski definition) is 1. The van der Waals surface area contributed by atoms with Crippen LogP contribution in [0.15, 0.2) is 53.0 Å². The summed E-state index contributed by atoms with van der Waals surface area (Å²) in [6.45, 7) is 1.63. The fourth-order valence-electron chi connectivity index (χ4n) is 3.11. The van der Waals surface area contributed by atoms with Gasteiger partial charge < -0.3 is 9.15 Å². The van der Waals surface area contributed by atoms with Gasteiger partial charge in [-0.15, -0.1) is 11.3 Å². The number of aromatic nitrogens is 1. The first-order valence-electron chi connectivity index (χ1n) is 9.39. The lowest BCUT2D eigenvalue weighted by Gasteiger charge is -2.03. The number of nitrogens with zero attached hydrogens (tertiary/aromatic N) is 1. The van der Waals surface area contributed by atoms with Crippen molar-refractivity contribution in [2.24, 2.45) is 0 Å². The minimum atomic E-state index is -0.577. The number of carbonyl (C=O) groups excluding carboxylic acids is 2. The molecule has 0 atom stereocenters. The van der Waals surface area contributed by atoms with Gasteiger partial charge in [-0.2, -0.15) is 0 Å². The summed E-state index contributed by atoms with van der Waals surface area (Å²) >= 11 is 13.3. The van der Waals surface area contributed by atoms with Gasteiger partial charge in [-0.25, -0.2) is 9.78 Å². The van der Waals surface area contributed by atoms with E-state index in [1.807, 2.05) is 24.3 Å². The van der Waals surface area contributed by atoms with E-state index < -0.39 is 11.9 Å². The SMILES string of the molecule is COC(=O)c1c(C)oc(NC(=O)/C=C/c2ccc(Cl)c(Cl)c2)c1-c1nc2ccccc2s1. The fraction of sp³-hybridized carbons (Fsp3) is 0.0870. The molecule has 32 heavy (non-hydrogen) atoms. The number of amides is 1. The third-order valence-corrected chi connectivity index (χ3v) is 6.38. The Labute approximate surface area is 197 Å². The second kappa shape index (κ2) is 9.16. The zero-order valence-corrected chi connectivity index (χ0v) is 19.3. The lowest BCUT2D eigenvalue weighted by molar-refractivity contribution is -0.111. The molecule has 9 heteroatoms. The van der Waals surface area contributed by atoms with E-state index in [0.717, 1.165) is 10.2 Å². The molecule has 0 spiro atoms. The maximum atomic E-state index is 12.6. The van der Waals surface area contributed by atoms with Crippen molar-refractivity contribution in [2.75, 3.05) is 12.4 Å². The Morgan fingerprint density at radius 2 is 1.94 bits per heavy atom. The third kappa shape index (κ3) is 4.41. The van der Waals surface area contributed by atoms with Gasteiger partial charge in [0.1, 0.15) is 16.3 Å². The Bertz CT molecular complexity index is 1340. The van der Waals surface area contributed by atoms with Crippen molar-refractivity contribution in [3.63, 3.8) is 0 Å². The molecular formula is C23H16Cl2N2O4S. The number of methoxy groups -OCH3 is 1. The van der Waals surface area contributed by atoms with Gasteiger partial charge in [0.05, 0.1) is 32.9 Å². The monoisotopic (exact) mass is 486 g/mol. The Morgan fingerprint density at radius 1 is 1.16 bits per heavy atom. The van der Waals surface area contributed by atoms with E-state index in [1.54, 1.807) is 31.2 Å². The van der Waals surface area contributed by atoms with Crippen LogP contribution in [0.5, 0.6) is 0 Å². The summed E-state index contributed by atoms with van der Waals surface area (Å²) < 4.78 is 11.6. The molecule has 0 bridgehead atoms. The van der Waals surface area contributed by atoms with Crippen LogP contribution in [0, 0.1) is 6.92 Å². The van der Waals surface area contributed by atoms with Crippen LogP contribution in [-0.4, -0.2) is 24.0 Å². The minimum absolute atomic E-state index is 0.116. The third-order valence-electron chi connectivity index (χ3n) is 4.59. The number of halogens is 2. The van der Waals surface area contributed by atoms with E-state index in [4.69, 9.17) is 32.4 Å². The number of thiazole rings is 1. The predicted molar refractivity (Wildman–Crippen MR) is 128 cm³/mol. The number of fused-ring (bicyclic) bond motifs is 1. The van der Waals surface area contributed by atoms with E-state index in [9.17, 15) is 9.59 Å². The molecule has 0 aliphatic heterocycles. The van der Waals surface area contributed by atoms with Crippen LogP contribution in [-0.2, 0) is 9.53 Å². The fourth-order valence-corrected chi connectivity index (χ4v) is 4.43. The van der Waals surface area contributed by atoms with Crippen molar-refractivity contribution < 1.29 is 18.7 Å². The van der Waals surface area contributed by atoms with E-state index in [-0.39, 0.29) is 11.4 Å². The molecule has 4 rings (SSSR count). The number of hydrogen-bond acceptors (Lipinski definition) is 6. The second-order valence-electron chi connectivity index (χ2n) is 6.71. The smallest absolute Gasteiger partial charge is 0.342 e. The molecule has 0 fully saturated rings. The summed E-state index contributed by atoms with van der Waals surface area (Å²) in [5, 5.41) is 4.04. The molecule has 6 nitrogen and oxygen atoms in total. The molecule has 0 radical (unpaired) electrons. The lowest BCUT2D eigenvalue weighted by atomic mass is 10.1. The molecule has 2 aromatic carbocycles. The Kier molecular flexibility index (Phi) is 6.32. The first kappa shape index (κ1) is 22.1. The highest BCUT2D eigenvalue weighted by Crippen LogP contribution is 2.40. The quantitative estimate of drug-likeness (QED) is 0.253. The largest absolute Gasteiger partial charge is 0.465 e. The molecule has 162 valence electrons. The number of esters is 1. The van der Waals surface area contributed by atoms with Crippen molar-refractivity contribution >= 4 is 68.6 Å². The lowest BCUT2D eigenvalue weighted by Crippen LogP contribution is -2.09. The summed E-state index contributed by atoms with van der Waals surface area (Å²) in [6.07, 6.45) is 2.92. The van der Waals surface area contributed by atoms with Gasteiger partial charge in [-0.1, -0.05) is 41.4 Å². The van der Waals surface area contributed by atoms with Crippen molar-refractivity contribution in [1.82, 2.24) is 4.98 Å². The number of carbonyl (C=O) groups is 2. The standard InChI is InChI=1S/C23H16Cl2N2O4S/c1-12-19(23(29)30-2)20(22-26-16-5-3-4-6-17(16)32-22)21(31-12)27-18(28)10-8-13-7-9-14(24)15(25)11-13/h3-11H,1-2H3,(H,27,28)/b10-8+. The summed E-state index contributed by atoms with van der Waals surface area (Å²) in [7, 11) is 1.29. The maximum Gasteiger partial charge on any atom is 0.342 e. The molecule has 2 aromatic heterocycles. The predicted octanol–water partition coefficient (Wildman–Crippen LogP) is 6.61. The van der Waals surface area contributed by atoms with Crippen LogP contribution in [0.3, 0.4) is 0 Å². The van der Waals surface area contributed by atoms with Gasteiger partial charge in [0, 0.05) is 6.08 Å². The summed E-state index contributed by atoms with van der Waals surface area (Å²) in [5.41, 5.74) is 2.08. The highest BCUT2D eigenvalue weighted by molar-refractivity contribution is 7.21. The van der Waals surface area contributed by atoms with Crippen LogP contribution in [0.4, 0.5) is 5.88 Å². The molecule has 0 saturated carbocycles. The van der Waals surface area contributed by atoms with E-state index >= 15 is 0 Å². The Hall–Kier alpha value is -3.13. The molecule has 0 aliphatic carbocycles. The molecule has 0 unspecified atom stereocenters. The highest BCUT2D eigenvalue weighted by atomic mass is 35.5. The number of aryl methyl sites for hydroxylation is 1. The van der Waals surface area contributed by atoms with Gasteiger partial charge in [0.2, 0.25) is 5.88 Å².